The van der Waals surface area contributed by atoms with Gasteiger partial charge in [0.25, 0.3) is 0 Å². The van der Waals surface area contributed by atoms with Gasteiger partial charge in [0.05, 0.1) is 37.1 Å². The van der Waals surface area contributed by atoms with Crippen LogP contribution in [0.15, 0.2) is 12.1 Å². The van der Waals surface area contributed by atoms with Crippen LogP contribution in [0.2, 0.25) is 5.02 Å². The summed E-state index contributed by atoms with van der Waals surface area (Å²) in [4.78, 5) is 26.6. The molecule has 1 atom stereocenters. The fourth-order valence-corrected chi connectivity index (χ4v) is 3.54. The first-order chi connectivity index (χ1) is 13.1. The zero-order valence-corrected chi connectivity index (χ0v) is 16.2. The molecule has 7 nitrogen and oxygen atoms in total. The molecule has 27 heavy (non-hydrogen) atoms. The predicted molar refractivity (Wildman–Crippen MR) is 102 cm³/mol. The Morgan fingerprint density at radius 3 is 2.70 bits per heavy atom. The van der Waals surface area contributed by atoms with Gasteiger partial charge in [-0.25, -0.2) is 0 Å². The third-order valence-electron chi connectivity index (χ3n) is 4.63. The SMILES string of the molecule is CCOC(=O)C1CCCCN1CC(=O)Nc1cc2c(cc1Cl)OCCCO2. The molecule has 148 valence electrons. The van der Waals surface area contributed by atoms with Crippen molar-refractivity contribution in [1.82, 2.24) is 4.90 Å². The van der Waals surface area contributed by atoms with Gasteiger partial charge in [0.1, 0.15) is 6.04 Å². The Morgan fingerprint density at radius 2 is 1.96 bits per heavy atom. The average molecular weight is 397 g/mol. The molecule has 1 N–H and O–H groups in total. The van der Waals surface area contributed by atoms with Gasteiger partial charge in [-0.3, -0.25) is 14.5 Å². The number of hydrogen-bond donors (Lipinski definition) is 1. The number of rotatable bonds is 5. The molecule has 1 aromatic carbocycles. The maximum absolute atomic E-state index is 12.6. The van der Waals surface area contributed by atoms with Crippen LogP contribution in [0.1, 0.15) is 32.6 Å². The zero-order valence-electron chi connectivity index (χ0n) is 15.5. The van der Waals surface area contributed by atoms with Gasteiger partial charge in [-0.1, -0.05) is 18.0 Å². The second-order valence-electron chi connectivity index (χ2n) is 6.61. The van der Waals surface area contributed by atoms with Gasteiger partial charge in [-0.2, -0.15) is 0 Å². The maximum Gasteiger partial charge on any atom is 0.323 e. The number of halogens is 1. The van der Waals surface area contributed by atoms with Crippen LogP contribution < -0.4 is 14.8 Å². The number of anilines is 1. The molecule has 0 spiro atoms. The number of hydrogen-bond acceptors (Lipinski definition) is 6. The molecule has 0 aromatic heterocycles. The van der Waals surface area contributed by atoms with Gasteiger partial charge in [-0.15, -0.1) is 0 Å². The smallest absolute Gasteiger partial charge is 0.323 e. The van der Waals surface area contributed by atoms with Crippen molar-refractivity contribution in [3.8, 4) is 11.5 Å². The normalized spacial score (nSPS) is 19.9. The Kier molecular flexibility index (Phi) is 6.79. The number of nitrogens with one attached hydrogen (secondary N) is 1. The van der Waals surface area contributed by atoms with E-state index in [9.17, 15) is 9.59 Å². The van der Waals surface area contributed by atoms with Crippen LogP contribution in [0.5, 0.6) is 11.5 Å². The lowest BCUT2D eigenvalue weighted by Crippen LogP contribution is -2.48. The molecule has 3 rings (SSSR count). The van der Waals surface area contributed by atoms with Gasteiger partial charge in [0.2, 0.25) is 5.91 Å². The topological polar surface area (TPSA) is 77.1 Å². The molecule has 1 unspecified atom stereocenters. The van der Waals surface area contributed by atoms with Crippen LogP contribution in [0.25, 0.3) is 0 Å². The van der Waals surface area contributed by atoms with E-state index in [4.69, 9.17) is 25.8 Å². The van der Waals surface area contributed by atoms with Crippen molar-refractivity contribution in [2.75, 3.05) is 38.2 Å². The highest BCUT2D eigenvalue weighted by molar-refractivity contribution is 6.34. The lowest BCUT2D eigenvalue weighted by molar-refractivity contribution is -0.151. The van der Waals surface area contributed by atoms with Crippen LogP contribution in [-0.4, -0.2) is 55.7 Å². The molecule has 0 aliphatic carbocycles. The number of carbonyl (C=O) groups excluding carboxylic acids is 2. The van der Waals surface area contributed by atoms with Crippen molar-refractivity contribution in [2.45, 2.75) is 38.6 Å². The molecule has 2 heterocycles. The van der Waals surface area contributed by atoms with E-state index in [1.807, 2.05) is 4.90 Å². The maximum atomic E-state index is 12.6. The number of benzene rings is 1. The fourth-order valence-electron chi connectivity index (χ4n) is 3.34. The summed E-state index contributed by atoms with van der Waals surface area (Å²) in [7, 11) is 0. The van der Waals surface area contributed by atoms with Crippen molar-refractivity contribution < 1.29 is 23.8 Å². The third kappa shape index (κ3) is 5.05. The predicted octanol–water partition coefficient (Wildman–Crippen LogP) is 2.86. The minimum absolute atomic E-state index is 0.105. The Morgan fingerprint density at radius 1 is 1.22 bits per heavy atom. The monoisotopic (exact) mass is 396 g/mol. The molecular weight excluding hydrogens is 372 g/mol. The summed E-state index contributed by atoms with van der Waals surface area (Å²) >= 11 is 6.28. The second-order valence-corrected chi connectivity index (χ2v) is 7.02. The molecule has 0 radical (unpaired) electrons. The first kappa shape index (κ1) is 19.8. The minimum atomic E-state index is -0.372. The van der Waals surface area contributed by atoms with Crippen LogP contribution in [0.4, 0.5) is 5.69 Å². The van der Waals surface area contributed by atoms with Gasteiger partial charge >= 0.3 is 5.97 Å². The Hall–Kier alpha value is -1.99. The van der Waals surface area contributed by atoms with E-state index in [0.29, 0.717) is 55.0 Å². The van der Waals surface area contributed by atoms with Crippen LogP contribution in [0.3, 0.4) is 0 Å². The molecule has 0 bridgehead atoms. The number of piperidine rings is 1. The Balaban J connectivity index is 1.66. The fraction of sp³-hybridized carbons (Fsp3) is 0.579. The number of esters is 1. The summed E-state index contributed by atoms with van der Waals surface area (Å²) in [6.45, 7) is 4.03. The van der Waals surface area contributed by atoms with Gasteiger partial charge < -0.3 is 19.5 Å². The van der Waals surface area contributed by atoms with Crippen molar-refractivity contribution in [1.29, 1.82) is 0 Å². The number of amides is 1. The number of likely N-dealkylation sites (tertiary alicyclic amines) is 1. The quantitative estimate of drug-likeness (QED) is 0.771. The molecule has 1 aromatic rings. The van der Waals surface area contributed by atoms with Crippen LogP contribution >= 0.6 is 11.6 Å². The Labute approximate surface area is 163 Å². The first-order valence-electron chi connectivity index (χ1n) is 9.38. The van der Waals surface area contributed by atoms with Crippen molar-refractivity contribution in [2.24, 2.45) is 0 Å². The second kappa shape index (κ2) is 9.28. The largest absolute Gasteiger partial charge is 0.490 e. The highest BCUT2D eigenvalue weighted by Crippen LogP contribution is 2.37. The number of fused-ring (bicyclic) bond motifs is 1. The third-order valence-corrected chi connectivity index (χ3v) is 4.94. The minimum Gasteiger partial charge on any atom is -0.490 e. The average Bonchev–Trinajstić information content (AvgIpc) is 2.87. The molecule has 0 saturated carbocycles. The molecule has 2 aliphatic heterocycles. The van der Waals surface area contributed by atoms with Gasteiger partial charge in [0, 0.05) is 18.6 Å². The van der Waals surface area contributed by atoms with E-state index in [-0.39, 0.29) is 24.5 Å². The number of carbonyl (C=O) groups is 2. The molecular formula is C19H25ClN2O5. The van der Waals surface area contributed by atoms with Gasteiger partial charge in [-0.05, 0) is 26.3 Å². The molecule has 2 aliphatic rings. The summed E-state index contributed by atoms with van der Waals surface area (Å²) in [6, 6.07) is 2.96. The van der Waals surface area contributed by atoms with E-state index in [1.165, 1.54) is 0 Å². The molecule has 8 heteroatoms. The molecule has 1 saturated heterocycles. The molecule has 1 amide bonds. The summed E-state index contributed by atoms with van der Waals surface area (Å²) in [6.07, 6.45) is 3.40. The number of ether oxygens (including phenoxy) is 3. The first-order valence-corrected chi connectivity index (χ1v) is 9.76. The summed E-state index contributed by atoms with van der Waals surface area (Å²) in [5.41, 5.74) is 0.468. The molecule has 1 fully saturated rings. The standard InChI is InChI=1S/C19H25ClN2O5/c1-2-25-19(24)15-6-3-4-7-22(15)12-18(23)21-14-11-17-16(10-13(14)20)26-8-5-9-27-17/h10-11,15H,2-9,12H2,1H3,(H,21,23). The van der Waals surface area contributed by atoms with E-state index in [0.717, 1.165) is 19.3 Å². The van der Waals surface area contributed by atoms with E-state index >= 15 is 0 Å². The number of nitrogens with zero attached hydrogens (tertiary/aromatic N) is 1. The van der Waals surface area contributed by atoms with Crippen molar-refractivity contribution >= 4 is 29.2 Å². The lowest BCUT2D eigenvalue weighted by Gasteiger charge is -2.33. The summed E-state index contributed by atoms with van der Waals surface area (Å²) in [5, 5.41) is 3.20. The van der Waals surface area contributed by atoms with Crippen molar-refractivity contribution in [3.05, 3.63) is 17.2 Å². The van der Waals surface area contributed by atoms with Gasteiger partial charge in [0.15, 0.2) is 11.5 Å². The lowest BCUT2D eigenvalue weighted by atomic mass is 10.0. The van der Waals surface area contributed by atoms with Crippen molar-refractivity contribution in [3.63, 3.8) is 0 Å². The van der Waals surface area contributed by atoms with E-state index < -0.39 is 0 Å². The van der Waals surface area contributed by atoms with E-state index in [2.05, 4.69) is 5.32 Å². The van der Waals surface area contributed by atoms with E-state index in [1.54, 1.807) is 19.1 Å². The zero-order chi connectivity index (χ0) is 19.2. The van der Waals surface area contributed by atoms with Crippen LogP contribution in [-0.2, 0) is 14.3 Å². The summed E-state index contributed by atoms with van der Waals surface area (Å²) < 4.78 is 16.4. The summed E-state index contributed by atoms with van der Waals surface area (Å²) in [5.74, 6) is 0.643. The highest BCUT2D eigenvalue weighted by Gasteiger charge is 2.31. The Bertz CT molecular complexity index is 697. The van der Waals surface area contributed by atoms with Crippen LogP contribution in [0, 0.1) is 0 Å². The highest BCUT2D eigenvalue weighted by atomic mass is 35.5.